The summed E-state index contributed by atoms with van der Waals surface area (Å²) in [5.74, 6) is 0.592. The van der Waals surface area contributed by atoms with Crippen molar-refractivity contribution in [2.45, 2.75) is 25.5 Å². The molecule has 0 radical (unpaired) electrons. The number of furan rings is 1. The molecule has 0 aliphatic heterocycles. The molecule has 21 heavy (non-hydrogen) atoms. The van der Waals surface area contributed by atoms with Gasteiger partial charge in [-0.2, -0.15) is 0 Å². The van der Waals surface area contributed by atoms with E-state index in [-0.39, 0.29) is 6.04 Å². The predicted molar refractivity (Wildman–Crippen MR) is 84.5 cm³/mol. The molecular formula is C16H18N2O2S. The molecule has 5 heteroatoms. The number of aliphatic hydroxyl groups excluding tert-OH is 1. The number of nitrogens with zero attached hydrogens (tertiary/aromatic N) is 1. The minimum atomic E-state index is -0.613. The number of fused-ring (bicyclic) bond motifs is 1. The average molecular weight is 302 g/mol. The van der Waals surface area contributed by atoms with Gasteiger partial charge in [-0.3, -0.25) is 0 Å². The summed E-state index contributed by atoms with van der Waals surface area (Å²) >= 11 is 1.73. The highest BCUT2D eigenvalue weighted by atomic mass is 32.1. The third-order valence-corrected chi connectivity index (χ3v) is 4.41. The molecule has 3 rings (SSSR count). The molecule has 2 atom stereocenters. The highest BCUT2D eigenvalue weighted by Gasteiger charge is 2.13. The second kappa shape index (κ2) is 6.39. The van der Waals surface area contributed by atoms with Gasteiger partial charge in [0, 0.05) is 19.0 Å². The van der Waals surface area contributed by atoms with Crippen LogP contribution in [-0.4, -0.2) is 22.7 Å². The monoisotopic (exact) mass is 302 g/mol. The molecule has 0 aliphatic rings. The van der Waals surface area contributed by atoms with Gasteiger partial charge in [-0.05, 0) is 31.2 Å². The van der Waals surface area contributed by atoms with Gasteiger partial charge in [0.25, 0.3) is 0 Å². The van der Waals surface area contributed by atoms with Crippen LogP contribution in [0.2, 0.25) is 0 Å². The Labute approximate surface area is 127 Å². The molecule has 0 saturated carbocycles. The second-order valence-corrected chi connectivity index (χ2v) is 6.24. The normalized spacial score (nSPS) is 14.4. The first-order valence-electron chi connectivity index (χ1n) is 7.01. The van der Waals surface area contributed by atoms with Crippen LogP contribution in [0.5, 0.6) is 0 Å². The summed E-state index contributed by atoms with van der Waals surface area (Å²) in [5, 5.41) is 14.4. The van der Waals surface area contributed by atoms with Crippen LogP contribution in [0.15, 0.2) is 47.1 Å². The summed E-state index contributed by atoms with van der Waals surface area (Å²) < 4.78 is 6.40. The summed E-state index contributed by atoms with van der Waals surface area (Å²) in [4.78, 5) is 4.63. The molecule has 2 N–H and O–H groups in total. The third kappa shape index (κ3) is 3.50. The summed E-state index contributed by atoms with van der Waals surface area (Å²) in [6.45, 7) is 2.57. The van der Waals surface area contributed by atoms with Crippen LogP contribution in [0.4, 0.5) is 0 Å². The van der Waals surface area contributed by atoms with Crippen molar-refractivity contribution in [1.29, 1.82) is 0 Å². The Morgan fingerprint density at radius 1 is 1.29 bits per heavy atom. The van der Waals surface area contributed by atoms with Gasteiger partial charge in [0.05, 0.1) is 21.5 Å². The molecular weight excluding hydrogens is 284 g/mol. The number of hydrogen-bond acceptors (Lipinski definition) is 5. The van der Waals surface area contributed by atoms with Crippen molar-refractivity contribution >= 4 is 21.6 Å². The first kappa shape index (κ1) is 14.3. The van der Waals surface area contributed by atoms with Gasteiger partial charge in [0.2, 0.25) is 0 Å². The molecule has 110 valence electrons. The largest absolute Gasteiger partial charge is 0.467 e. The highest BCUT2D eigenvalue weighted by Crippen LogP contribution is 2.22. The van der Waals surface area contributed by atoms with Gasteiger partial charge >= 0.3 is 0 Å². The number of rotatable bonds is 6. The Morgan fingerprint density at radius 2 is 2.14 bits per heavy atom. The van der Waals surface area contributed by atoms with E-state index in [1.54, 1.807) is 29.7 Å². The number of nitrogens with one attached hydrogen (secondary N) is 1. The van der Waals surface area contributed by atoms with Crippen LogP contribution in [-0.2, 0) is 6.42 Å². The molecule has 0 aliphatic carbocycles. The van der Waals surface area contributed by atoms with E-state index < -0.39 is 6.10 Å². The number of aliphatic hydroxyl groups is 1. The van der Waals surface area contributed by atoms with Crippen LogP contribution in [0.1, 0.15) is 23.8 Å². The van der Waals surface area contributed by atoms with Gasteiger partial charge in [0.15, 0.2) is 0 Å². The van der Waals surface area contributed by atoms with E-state index in [0.29, 0.717) is 12.3 Å². The maximum atomic E-state index is 9.97. The van der Waals surface area contributed by atoms with E-state index >= 15 is 0 Å². The fourth-order valence-corrected chi connectivity index (χ4v) is 3.33. The average Bonchev–Trinajstić information content (AvgIpc) is 3.13. The molecule has 4 nitrogen and oxygen atoms in total. The summed E-state index contributed by atoms with van der Waals surface area (Å²) in [7, 11) is 0. The smallest absolute Gasteiger partial charge is 0.133 e. The van der Waals surface area contributed by atoms with E-state index in [1.165, 1.54) is 4.70 Å². The van der Waals surface area contributed by atoms with Gasteiger partial charge in [-0.15, -0.1) is 11.3 Å². The van der Waals surface area contributed by atoms with Crippen molar-refractivity contribution in [2.75, 3.05) is 6.54 Å². The Morgan fingerprint density at radius 3 is 2.90 bits per heavy atom. The van der Waals surface area contributed by atoms with E-state index in [2.05, 4.69) is 23.3 Å². The summed E-state index contributed by atoms with van der Waals surface area (Å²) in [5.41, 5.74) is 1.06. The number of thiazole rings is 1. The zero-order valence-corrected chi connectivity index (χ0v) is 12.6. The lowest BCUT2D eigenvalue weighted by Gasteiger charge is -2.14. The van der Waals surface area contributed by atoms with Crippen molar-refractivity contribution in [3.8, 4) is 0 Å². The first-order valence-corrected chi connectivity index (χ1v) is 7.83. The van der Waals surface area contributed by atoms with Crippen LogP contribution in [0.25, 0.3) is 10.2 Å². The fourth-order valence-electron chi connectivity index (χ4n) is 2.24. The fraction of sp³-hybridized carbons (Fsp3) is 0.312. The zero-order valence-electron chi connectivity index (χ0n) is 11.8. The highest BCUT2D eigenvalue weighted by molar-refractivity contribution is 7.18. The number of para-hydroxylation sites is 1. The van der Waals surface area contributed by atoms with Gasteiger partial charge < -0.3 is 14.8 Å². The third-order valence-electron chi connectivity index (χ3n) is 3.35. The lowest BCUT2D eigenvalue weighted by Crippen LogP contribution is -2.31. The molecule has 3 aromatic rings. The van der Waals surface area contributed by atoms with Crippen molar-refractivity contribution < 1.29 is 9.52 Å². The van der Waals surface area contributed by atoms with E-state index in [1.807, 2.05) is 18.2 Å². The SMILES string of the molecule is C[C@@H](Cc1nc2ccccc2s1)NC[C@@H](O)c1ccco1. The first-order chi connectivity index (χ1) is 10.2. The topological polar surface area (TPSA) is 58.3 Å². The molecule has 0 amide bonds. The van der Waals surface area contributed by atoms with E-state index in [4.69, 9.17) is 4.42 Å². The zero-order chi connectivity index (χ0) is 14.7. The maximum Gasteiger partial charge on any atom is 0.133 e. The molecule has 0 unspecified atom stereocenters. The maximum absolute atomic E-state index is 9.97. The Bertz CT molecular complexity index is 660. The molecule has 0 fully saturated rings. The molecule has 0 saturated heterocycles. The van der Waals surface area contributed by atoms with Crippen molar-refractivity contribution in [3.05, 3.63) is 53.4 Å². The van der Waals surface area contributed by atoms with Crippen LogP contribution >= 0.6 is 11.3 Å². The number of aromatic nitrogens is 1. The van der Waals surface area contributed by atoms with Gasteiger partial charge in [-0.1, -0.05) is 12.1 Å². The predicted octanol–water partition coefficient (Wildman–Crippen LogP) is 3.14. The molecule has 1 aromatic carbocycles. The standard InChI is InChI=1S/C16H18N2O2S/c1-11(17-10-13(19)14-6-4-8-20-14)9-16-18-12-5-2-3-7-15(12)21-16/h2-8,11,13,17,19H,9-10H2,1H3/t11-,13+/m0/s1. The van der Waals surface area contributed by atoms with Crippen molar-refractivity contribution in [2.24, 2.45) is 0 Å². The van der Waals surface area contributed by atoms with Crippen LogP contribution in [0.3, 0.4) is 0 Å². The van der Waals surface area contributed by atoms with Crippen molar-refractivity contribution in [3.63, 3.8) is 0 Å². The van der Waals surface area contributed by atoms with E-state index in [0.717, 1.165) is 16.9 Å². The Hall–Kier alpha value is -1.69. The van der Waals surface area contributed by atoms with E-state index in [9.17, 15) is 5.11 Å². The number of hydrogen-bond donors (Lipinski definition) is 2. The van der Waals surface area contributed by atoms with Gasteiger partial charge in [-0.25, -0.2) is 4.98 Å². The minimum absolute atomic E-state index is 0.246. The lowest BCUT2D eigenvalue weighted by molar-refractivity contribution is 0.144. The Kier molecular flexibility index (Phi) is 4.34. The Balaban J connectivity index is 1.55. The van der Waals surface area contributed by atoms with Crippen LogP contribution in [0, 0.1) is 0 Å². The molecule has 2 aromatic heterocycles. The summed E-state index contributed by atoms with van der Waals surface area (Å²) in [6, 6.07) is 12.0. The molecule has 0 spiro atoms. The lowest BCUT2D eigenvalue weighted by atomic mass is 10.2. The number of benzene rings is 1. The quantitative estimate of drug-likeness (QED) is 0.734. The molecule has 2 heterocycles. The van der Waals surface area contributed by atoms with Gasteiger partial charge in [0.1, 0.15) is 11.9 Å². The van der Waals surface area contributed by atoms with Crippen molar-refractivity contribution in [1.82, 2.24) is 10.3 Å². The minimum Gasteiger partial charge on any atom is -0.467 e. The van der Waals surface area contributed by atoms with Crippen LogP contribution < -0.4 is 5.32 Å². The summed E-state index contributed by atoms with van der Waals surface area (Å²) in [6.07, 6.45) is 1.81. The molecule has 0 bridgehead atoms. The second-order valence-electron chi connectivity index (χ2n) is 5.12.